The Hall–Kier alpha value is -2.14. The fraction of sp³-hybridized carbons (Fsp3) is 0.0833. The molecule has 1 N–H and O–H groups in total. The first-order chi connectivity index (χ1) is 8.66. The number of rotatable bonds is 4. The maximum atomic E-state index is 10.7. The fourth-order valence-corrected chi connectivity index (χ4v) is 1.54. The Labute approximate surface area is 108 Å². The lowest BCUT2D eigenvalue weighted by molar-refractivity contribution is -0.255. The number of benzene rings is 1. The molecular formula is C12H9ClN3O2-. The molecule has 0 saturated heterocycles. The van der Waals surface area contributed by atoms with E-state index in [1.54, 1.807) is 0 Å². The first-order valence-electron chi connectivity index (χ1n) is 5.18. The maximum absolute atomic E-state index is 10.7. The molecule has 5 nitrogen and oxygen atoms in total. The van der Waals surface area contributed by atoms with Gasteiger partial charge in [0.05, 0.1) is 17.2 Å². The fourth-order valence-electron chi connectivity index (χ4n) is 1.37. The van der Waals surface area contributed by atoms with E-state index in [9.17, 15) is 9.90 Å². The SMILES string of the molecule is O=C([O-])c1nc(NCc2ccccc2)ncc1Cl. The van der Waals surface area contributed by atoms with Crippen molar-refractivity contribution < 1.29 is 9.90 Å². The highest BCUT2D eigenvalue weighted by Gasteiger charge is 2.06. The number of hydrogen-bond donors (Lipinski definition) is 1. The molecule has 92 valence electrons. The van der Waals surface area contributed by atoms with Crippen LogP contribution in [0.2, 0.25) is 5.02 Å². The molecule has 1 aromatic heterocycles. The number of nitrogens with zero attached hydrogens (tertiary/aromatic N) is 2. The zero-order chi connectivity index (χ0) is 13.0. The average molecular weight is 263 g/mol. The minimum Gasteiger partial charge on any atom is -0.543 e. The molecule has 2 aromatic rings. The van der Waals surface area contributed by atoms with Crippen molar-refractivity contribution in [1.29, 1.82) is 0 Å². The van der Waals surface area contributed by atoms with Crippen molar-refractivity contribution in [2.24, 2.45) is 0 Å². The molecule has 18 heavy (non-hydrogen) atoms. The molecule has 1 heterocycles. The number of aromatic carboxylic acids is 1. The number of carbonyl (C=O) groups is 1. The van der Waals surface area contributed by atoms with Crippen molar-refractivity contribution in [3.8, 4) is 0 Å². The van der Waals surface area contributed by atoms with Gasteiger partial charge in [0.15, 0.2) is 0 Å². The highest BCUT2D eigenvalue weighted by Crippen LogP contribution is 2.13. The van der Waals surface area contributed by atoms with Gasteiger partial charge in [-0.05, 0) is 5.56 Å². The van der Waals surface area contributed by atoms with Gasteiger partial charge in [0, 0.05) is 6.54 Å². The van der Waals surface area contributed by atoms with Gasteiger partial charge in [-0.3, -0.25) is 0 Å². The quantitative estimate of drug-likeness (QED) is 0.893. The molecule has 0 saturated carbocycles. The van der Waals surface area contributed by atoms with Crippen LogP contribution < -0.4 is 10.4 Å². The summed E-state index contributed by atoms with van der Waals surface area (Å²) in [7, 11) is 0. The maximum Gasteiger partial charge on any atom is 0.223 e. The molecule has 0 unspecified atom stereocenters. The van der Waals surface area contributed by atoms with E-state index in [4.69, 9.17) is 11.6 Å². The number of carboxylic acids is 1. The van der Waals surface area contributed by atoms with Crippen LogP contribution in [0.25, 0.3) is 0 Å². The van der Waals surface area contributed by atoms with Gasteiger partial charge in [0.1, 0.15) is 5.69 Å². The lowest BCUT2D eigenvalue weighted by atomic mass is 10.2. The third-order valence-electron chi connectivity index (χ3n) is 2.23. The van der Waals surface area contributed by atoms with Crippen LogP contribution in [-0.2, 0) is 6.54 Å². The van der Waals surface area contributed by atoms with Crippen LogP contribution in [0.1, 0.15) is 16.1 Å². The smallest absolute Gasteiger partial charge is 0.223 e. The van der Waals surface area contributed by atoms with Crippen LogP contribution >= 0.6 is 11.6 Å². The molecule has 1 aromatic carbocycles. The minimum atomic E-state index is -1.43. The van der Waals surface area contributed by atoms with Gasteiger partial charge in [-0.1, -0.05) is 41.9 Å². The van der Waals surface area contributed by atoms with E-state index in [2.05, 4.69) is 15.3 Å². The Bertz CT molecular complexity index is 561. The molecule has 0 bridgehead atoms. The lowest BCUT2D eigenvalue weighted by Crippen LogP contribution is -2.24. The predicted molar refractivity (Wildman–Crippen MR) is 65.1 cm³/mol. The van der Waals surface area contributed by atoms with Gasteiger partial charge < -0.3 is 15.2 Å². The van der Waals surface area contributed by atoms with E-state index in [1.165, 1.54) is 6.20 Å². The molecule has 0 aliphatic heterocycles. The Morgan fingerprint density at radius 2 is 2.06 bits per heavy atom. The van der Waals surface area contributed by atoms with Crippen molar-refractivity contribution in [2.45, 2.75) is 6.54 Å². The van der Waals surface area contributed by atoms with Gasteiger partial charge in [0.2, 0.25) is 5.95 Å². The van der Waals surface area contributed by atoms with E-state index < -0.39 is 5.97 Å². The molecule has 0 spiro atoms. The number of anilines is 1. The van der Waals surface area contributed by atoms with Crippen molar-refractivity contribution in [1.82, 2.24) is 9.97 Å². The topological polar surface area (TPSA) is 77.9 Å². The van der Waals surface area contributed by atoms with E-state index in [1.807, 2.05) is 30.3 Å². The first-order valence-corrected chi connectivity index (χ1v) is 5.56. The first kappa shape index (κ1) is 12.3. The molecule has 0 amide bonds. The zero-order valence-corrected chi connectivity index (χ0v) is 10.0. The summed E-state index contributed by atoms with van der Waals surface area (Å²) in [5.41, 5.74) is 0.716. The monoisotopic (exact) mass is 262 g/mol. The highest BCUT2D eigenvalue weighted by molar-refractivity contribution is 6.33. The molecule has 0 aliphatic carbocycles. The van der Waals surface area contributed by atoms with Crippen molar-refractivity contribution in [3.05, 3.63) is 52.8 Å². The number of halogens is 1. The number of nitrogens with one attached hydrogen (secondary N) is 1. The zero-order valence-electron chi connectivity index (χ0n) is 9.26. The summed E-state index contributed by atoms with van der Waals surface area (Å²) in [6, 6.07) is 9.60. The molecule has 6 heteroatoms. The van der Waals surface area contributed by atoms with Gasteiger partial charge in [-0.2, -0.15) is 0 Å². The summed E-state index contributed by atoms with van der Waals surface area (Å²) in [5, 5.41) is 13.6. The second-order valence-corrected chi connectivity index (χ2v) is 3.92. The van der Waals surface area contributed by atoms with E-state index in [0.29, 0.717) is 6.54 Å². The summed E-state index contributed by atoms with van der Waals surface area (Å²) in [6.45, 7) is 0.495. The highest BCUT2D eigenvalue weighted by atomic mass is 35.5. The summed E-state index contributed by atoms with van der Waals surface area (Å²) < 4.78 is 0. The molecule has 0 fully saturated rings. The third kappa shape index (κ3) is 2.95. The van der Waals surface area contributed by atoms with E-state index >= 15 is 0 Å². The molecular weight excluding hydrogens is 254 g/mol. The Kier molecular flexibility index (Phi) is 3.74. The van der Waals surface area contributed by atoms with E-state index in [0.717, 1.165) is 5.56 Å². The average Bonchev–Trinajstić information content (AvgIpc) is 2.38. The number of carboxylic acid groups (broad SMARTS) is 1. The molecule has 0 radical (unpaired) electrons. The third-order valence-corrected chi connectivity index (χ3v) is 2.51. The van der Waals surface area contributed by atoms with Crippen LogP contribution in [0.15, 0.2) is 36.5 Å². The second kappa shape index (κ2) is 5.46. The van der Waals surface area contributed by atoms with Crippen LogP contribution in [0.5, 0.6) is 0 Å². The summed E-state index contributed by atoms with van der Waals surface area (Å²) in [5.74, 6) is -1.23. The van der Waals surface area contributed by atoms with Crippen LogP contribution in [0, 0.1) is 0 Å². The van der Waals surface area contributed by atoms with Crippen LogP contribution in [0.4, 0.5) is 5.95 Å². The van der Waals surface area contributed by atoms with Crippen LogP contribution in [-0.4, -0.2) is 15.9 Å². The molecule has 0 aliphatic rings. The Morgan fingerprint density at radius 3 is 2.72 bits per heavy atom. The molecule has 0 atom stereocenters. The lowest BCUT2D eigenvalue weighted by Gasteiger charge is -2.08. The van der Waals surface area contributed by atoms with Crippen LogP contribution in [0.3, 0.4) is 0 Å². The Morgan fingerprint density at radius 1 is 1.33 bits per heavy atom. The number of aromatic nitrogens is 2. The minimum absolute atomic E-state index is 0.0414. The Balaban J connectivity index is 2.11. The summed E-state index contributed by atoms with van der Waals surface area (Å²) >= 11 is 5.63. The summed E-state index contributed by atoms with van der Waals surface area (Å²) in [6.07, 6.45) is 1.23. The largest absolute Gasteiger partial charge is 0.543 e. The van der Waals surface area contributed by atoms with Gasteiger partial charge in [0.25, 0.3) is 0 Å². The van der Waals surface area contributed by atoms with Gasteiger partial charge in [-0.15, -0.1) is 0 Å². The second-order valence-electron chi connectivity index (χ2n) is 3.52. The van der Waals surface area contributed by atoms with Gasteiger partial charge >= 0.3 is 0 Å². The predicted octanol–water partition coefficient (Wildman–Crippen LogP) is 1.11. The van der Waals surface area contributed by atoms with Crippen molar-refractivity contribution >= 4 is 23.5 Å². The molecule has 2 rings (SSSR count). The summed E-state index contributed by atoms with van der Waals surface area (Å²) in [4.78, 5) is 18.4. The van der Waals surface area contributed by atoms with Crippen molar-refractivity contribution in [3.63, 3.8) is 0 Å². The van der Waals surface area contributed by atoms with Crippen molar-refractivity contribution in [2.75, 3.05) is 5.32 Å². The number of carbonyl (C=O) groups excluding carboxylic acids is 1. The van der Waals surface area contributed by atoms with Gasteiger partial charge in [-0.25, -0.2) is 9.97 Å². The standard InChI is InChI=1S/C12H10ClN3O2/c13-9-7-15-12(16-10(9)11(17)18)14-6-8-4-2-1-3-5-8/h1-5,7H,6H2,(H,17,18)(H,14,15,16)/p-1. The number of hydrogen-bond acceptors (Lipinski definition) is 5. The normalized spacial score (nSPS) is 10.1. The van der Waals surface area contributed by atoms with E-state index in [-0.39, 0.29) is 16.7 Å².